The van der Waals surface area contributed by atoms with Crippen molar-refractivity contribution >= 4 is 39.5 Å². The highest BCUT2D eigenvalue weighted by atomic mass is 31.2. The van der Waals surface area contributed by atoms with Crippen molar-refractivity contribution in [1.82, 2.24) is 0 Å². The van der Waals surface area contributed by atoms with E-state index in [-0.39, 0.29) is 25.7 Å². The zero-order valence-corrected chi connectivity index (χ0v) is 67.8. The van der Waals surface area contributed by atoms with Crippen LogP contribution in [0.4, 0.5) is 0 Å². The van der Waals surface area contributed by atoms with Crippen LogP contribution in [0.2, 0.25) is 0 Å². The summed E-state index contributed by atoms with van der Waals surface area (Å²) in [6.07, 6.45) is 66.8. The van der Waals surface area contributed by atoms with E-state index in [0.29, 0.717) is 25.7 Å². The molecule has 3 N–H and O–H groups in total. The van der Waals surface area contributed by atoms with E-state index in [4.69, 9.17) is 37.0 Å². The first-order valence-electron chi connectivity index (χ1n) is 42.6. The van der Waals surface area contributed by atoms with Crippen molar-refractivity contribution in [2.24, 2.45) is 5.92 Å². The number of aliphatic hydroxyl groups is 1. The Morgan fingerprint density at radius 3 is 0.673 bits per heavy atom. The van der Waals surface area contributed by atoms with Crippen molar-refractivity contribution in [2.45, 2.75) is 457 Å². The van der Waals surface area contributed by atoms with Gasteiger partial charge in [0.1, 0.15) is 19.3 Å². The van der Waals surface area contributed by atoms with Crippen molar-refractivity contribution < 1.29 is 80.2 Å². The second kappa shape index (κ2) is 74.9. The van der Waals surface area contributed by atoms with Gasteiger partial charge in [0.2, 0.25) is 0 Å². The van der Waals surface area contributed by atoms with Gasteiger partial charge >= 0.3 is 39.5 Å². The van der Waals surface area contributed by atoms with E-state index in [1.54, 1.807) is 0 Å². The molecule has 0 aromatic carbocycles. The lowest BCUT2D eigenvalue weighted by atomic mass is 10.0. The third-order valence-corrected chi connectivity index (χ3v) is 21.2. The summed E-state index contributed by atoms with van der Waals surface area (Å²) < 4.78 is 68.7. The number of rotatable bonds is 82. The van der Waals surface area contributed by atoms with E-state index < -0.39 is 97.5 Å². The molecule has 0 radical (unpaired) electrons. The van der Waals surface area contributed by atoms with E-state index in [2.05, 4.69) is 34.6 Å². The number of unbranched alkanes of at least 4 members (excludes halogenated alkanes) is 54. The predicted molar refractivity (Wildman–Crippen MR) is 414 cm³/mol. The van der Waals surface area contributed by atoms with Gasteiger partial charge in [0.25, 0.3) is 0 Å². The first kappa shape index (κ1) is 99.1. The summed E-state index contributed by atoms with van der Waals surface area (Å²) in [6, 6.07) is 0. The monoisotopic (exact) mass is 1480 g/mol. The summed E-state index contributed by atoms with van der Waals surface area (Å²) in [5.74, 6) is -1.37. The van der Waals surface area contributed by atoms with Gasteiger partial charge in [-0.15, -0.1) is 0 Å². The number of carbonyl (C=O) groups excluding carboxylic acids is 4. The normalized spacial score (nSPS) is 13.8. The molecule has 600 valence electrons. The Morgan fingerprint density at radius 2 is 0.455 bits per heavy atom. The van der Waals surface area contributed by atoms with E-state index in [1.165, 1.54) is 263 Å². The number of phosphoric acid groups is 2. The van der Waals surface area contributed by atoms with Gasteiger partial charge in [0.05, 0.1) is 26.4 Å². The van der Waals surface area contributed by atoms with Gasteiger partial charge in [-0.3, -0.25) is 37.3 Å². The third kappa shape index (κ3) is 76.1. The maximum atomic E-state index is 13.1. The molecule has 101 heavy (non-hydrogen) atoms. The summed E-state index contributed by atoms with van der Waals surface area (Å²) in [7, 11) is -9.92. The lowest BCUT2D eigenvalue weighted by Gasteiger charge is -2.21. The summed E-state index contributed by atoms with van der Waals surface area (Å²) in [5, 5.41) is 10.6. The second-order valence-electron chi connectivity index (χ2n) is 30.0. The lowest BCUT2D eigenvalue weighted by molar-refractivity contribution is -0.161. The minimum atomic E-state index is -4.96. The highest BCUT2D eigenvalue weighted by Gasteiger charge is 2.30. The minimum absolute atomic E-state index is 0.106. The molecule has 2 unspecified atom stereocenters. The van der Waals surface area contributed by atoms with Crippen LogP contribution >= 0.6 is 15.6 Å². The Hall–Kier alpha value is -1.94. The van der Waals surface area contributed by atoms with E-state index in [1.807, 2.05) is 0 Å². The standard InChI is InChI=1S/C82H160O17P2/c1-6-9-12-15-18-21-24-26-28-30-32-33-34-36-38-40-42-47-52-57-62-67-81(86)98-77(72-93-80(85)66-61-56-51-46-41-39-37-35-31-29-27-25-22-19-16-13-10-7-2)73-96-100(88,89)94-69-76(83)70-95-101(90,91)97-74-78(71-92-79(84)65-60-55-50-45-23-20-17-14-11-8-3)99-82(87)68-63-58-53-48-43-44-49-54-59-64-75(4)5/h75-78,83H,6-74H2,1-5H3,(H,88,89)(H,90,91)/t76-,77-,78-/m1/s1. The number of carbonyl (C=O) groups is 4. The molecule has 0 aromatic heterocycles. The molecule has 0 rings (SSSR count). The molecule has 17 nitrogen and oxygen atoms in total. The van der Waals surface area contributed by atoms with Crippen molar-refractivity contribution in [3.8, 4) is 0 Å². The topological polar surface area (TPSA) is 237 Å². The quantitative estimate of drug-likeness (QED) is 0.0222. The fourth-order valence-corrected chi connectivity index (χ4v) is 14.3. The molecule has 19 heteroatoms. The van der Waals surface area contributed by atoms with Crippen LogP contribution in [0.5, 0.6) is 0 Å². The maximum Gasteiger partial charge on any atom is 0.472 e. The van der Waals surface area contributed by atoms with Crippen LogP contribution in [-0.2, 0) is 65.4 Å². The average molecular weight is 1480 g/mol. The van der Waals surface area contributed by atoms with Gasteiger partial charge in [-0.2, -0.15) is 0 Å². The molecular formula is C82H160O17P2. The molecule has 0 amide bonds. The number of aliphatic hydroxyl groups excluding tert-OH is 1. The zero-order chi connectivity index (χ0) is 74.1. The van der Waals surface area contributed by atoms with Crippen LogP contribution in [0.25, 0.3) is 0 Å². The smallest absolute Gasteiger partial charge is 0.462 e. The lowest BCUT2D eigenvalue weighted by Crippen LogP contribution is -2.30. The van der Waals surface area contributed by atoms with Gasteiger partial charge in [-0.05, 0) is 31.6 Å². The Morgan fingerprint density at radius 1 is 0.267 bits per heavy atom. The molecule has 0 bridgehead atoms. The first-order chi connectivity index (χ1) is 49.0. The first-order valence-corrected chi connectivity index (χ1v) is 45.6. The molecule has 0 aliphatic carbocycles. The second-order valence-corrected chi connectivity index (χ2v) is 32.9. The van der Waals surface area contributed by atoms with Crippen LogP contribution in [0.3, 0.4) is 0 Å². The van der Waals surface area contributed by atoms with Crippen molar-refractivity contribution in [3.05, 3.63) is 0 Å². The Labute approximate surface area is 619 Å². The number of phosphoric ester groups is 2. The molecule has 0 heterocycles. The molecular weight excluding hydrogens is 1320 g/mol. The molecule has 0 fully saturated rings. The molecule has 0 spiro atoms. The van der Waals surface area contributed by atoms with E-state index in [9.17, 15) is 43.2 Å². The van der Waals surface area contributed by atoms with Gasteiger partial charge in [-0.1, -0.05) is 388 Å². The number of esters is 4. The molecule has 0 saturated heterocycles. The molecule has 0 aliphatic rings. The number of ether oxygens (including phenoxy) is 4. The molecule has 0 aromatic rings. The van der Waals surface area contributed by atoms with E-state index >= 15 is 0 Å². The van der Waals surface area contributed by atoms with Crippen LogP contribution < -0.4 is 0 Å². The SMILES string of the molecule is CCCCCCCCCCCCCCCCCCCCCCCC(=O)O[C@H](COC(=O)CCCCCCCCCCCCCCCCCCCC)COP(=O)(O)OC[C@@H](O)COP(=O)(O)OC[C@@H](COC(=O)CCCCCCCCCCCC)OC(=O)CCCCCCCCCCCC(C)C. The van der Waals surface area contributed by atoms with Crippen LogP contribution in [-0.4, -0.2) is 96.7 Å². The summed E-state index contributed by atoms with van der Waals surface area (Å²) in [6.45, 7) is 7.30. The summed E-state index contributed by atoms with van der Waals surface area (Å²) in [4.78, 5) is 73.0. The third-order valence-electron chi connectivity index (χ3n) is 19.3. The summed E-state index contributed by atoms with van der Waals surface area (Å²) in [5.41, 5.74) is 0. The van der Waals surface area contributed by atoms with Crippen LogP contribution in [0.1, 0.15) is 439 Å². The Bertz CT molecular complexity index is 1930. The average Bonchev–Trinajstić information content (AvgIpc) is 0.938. The molecule has 0 aliphatic heterocycles. The van der Waals surface area contributed by atoms with Gasteiger partial charge < -0.3 is 33.8 Å². The van der Waals surface area contributed by atoms with Gasteiger partial charge in [0.15, 0.2) is 12.2 Å². The van der Waals surface area contributed by atoms with Gasteiger partial charge in [0, 0.05) is 25.7 Å². The summed E-state index contributed by atoms with van der Waals surface area (Å²) >= 11 is 0. The Kier molecular flexibility index (Phi) is 73.5. The fourth-order valence-electron chi connectivity index (χ4n) is 12.8. The van der Waals surface area contributed by atoms with Crippen molar-refractivity contribution in [1.29, 1.82) is 0 Å². The number of hydrogen-bond acceptors (Lipinski definition) is 15. The highest BCUT2D eigenvalue weighted by Crippen LogP contribution is 2.45. The van der Waals surface area contributed by atoms with Crippen LogP contribution in [0, 0.1) is 5.92 Å². The molecule has 0 saturated carbocycles. The highest BCUT2D eigenvalue weighted by molar-refractivity contribution is 7.47. The minimum Gasteiger partial charge on any atom is -0.462 e. The predicted octanol–water partition coefficient (Wildman–Crippen LogP) is 24.8. The largest absolute Gasteiger partial charge is 0.472 e. The number of hydrogen-bond donors (Lipinski definition) is 3. The van der Waals surface area contributed by atoms with Crippen molar-refractivity contribution in [3.63, 3.8) is 0 Å². The zero-order valence-electron chi connectivity index (χ0n) is 66.1. The Balaban J connectivity index is 5.21. The van der Waals surface area contributed by atoms with Crippen molar-refractivity contribution in [2.75, 3.05) is 39.6 Å². The molecule has 5 atom stereocenters. The fraction of sp³-hybridized carbons (Fsp3) is 0.951. The van der Waals surface area contributed by atoms with Gasteiger partial charge in [-0.25, -0.2) is 9.13 Å². The van der Waals surface area contributed by atoms with Crippen LogP contribution in [0.15, 0.2) is 0 Å². The maximum absolute atomic E-state index is 13.1. The van der Waals surface area contributed by atoms with E-state index in [0.717, 1.165) is 95.8 Å².